The Morgan fingerprint density at radius 2 is 1.96 bits per heavy atom. The van der Waals surface area contributed by atoms with E-state index >= 15 is 0 Å². The van der Waals surface area contributed by atoms with Gasteiger partial charge < -0.3 is 25.0 Å². The molecule has 2 N–H and O–H groups in total. The third kappa shape index (κ3) is 8.05. The second-order valence-corrected chi connectivity index (χ2v) is 7.47. The predicted octanol–water partition coefficient (Wildman–Crippen LogP) is 1.78. The van der Waals surface area contributed by atoms with Gasteiger partial charge in [0, 0.05) is 51.9 Å². The SMILES string of the molecule is CCNC(=NCCCCOCCOC)NC1CCN(C(=O)C2CCCC2)C1. The van der Waals surface area contributed by atoms with E-state index in [1.54, 1.807) is 7.11 Å². The summed E-state index contributed by atoms with van der Waals surface area (Å²) in [4.78, 5) is 19.3. The third-order valence-electron chi connectivity index (χ3n) is 5.29. The van der Waals surface area contributed by atoms with E-state index in [9.17, 15) is 4.79 Å². The van der Waals surface area contributed by atoms with Crippen LogP contribution in [-0.2, 0) is 14.3 Å². The first kappa shape index (κ1) is 22.0. The smallest absolute Gasteiger partial charge is 0.225 e. The first-order chi connectivity index (χ1) is 13.2. The molecular formula is C20H38N4O3. The minimum absolute atomic E-state index is 0.275. The van der Waals surface area contributed by atoms with Gasteiger partial charge in [-0.2, -0.15) is 0 Å². The zero-order valence-corrected chi connectivity index (χ0v) is 17.2. The van der Waals surface area contributed by atoms with E-state index in [0.717, 1.165) is 70.8 Å². The topological polar surface area (TPSA) is 75.2 Å². The first-order valence-corrected chi connectivity index (χ1v) is 10.6. The Bertz CT molecular complexity index is 453. The van der Waals surface area contributed by atoms with Gasteiger partial charge in [0.2, 0.25) is 5.91 Å². The van der Waals surface area contributed by atoms with Crippen molar-refractivity contribution in [3.63, 3.8) is 0 Å². The zero-order valence-electron chi connectivity index (χ0n) is 17.2. The highest BCUT2D eigenvalue weighted by molar-refractivity contribution is 5.81. The molecule has 2 aliphatic rings. The minimum Gasteiger partial charge on any atom is -0.382 e. The highest BCUT2D eigenvalue weighted by atomic mass is 16.5. The third-order valence-corrected chi connectivity index (χ3v) is 5.29. The summed E-state index contributed by atoms with van der Waals surface area (Å²) in [6, 6.07) is 0.297. The van der Waals surface area contributed by atoms with Crippen molar-refractivity contribution in [3.8, 4) is 0 Å². The molecule has 156 valence electrons. The first-order valence-electron chi connectivity index (χ1n) is 10.6. The van der Waals surface area contributed by atoms with E-state index < -0.39 is 0 Å². The number of hydrogen-bond donors (Lipinski definition) is 2. The summed E-state index contributed by atoms with van der Waals surface area (Å²) >= 11 is 0. The second-order valence-electron chi connectivity index (χ2n) is 7.47. The maximum Gasteiger partial charge on any atom is 0.225 e. The Kier molecular flexibility index (Phi) is 10.5. The van der Waals surface area contributed by atoms with Gasteiger partial charge in [-0.25, -0.2) is 0 Å². The number of hydrogen-bond acceptors (Lipinski definition) is 4. The van der Waals surface area contributed by atoms with Gasteiger partial charge in [0.05, 0.1) is 13.2 Å². The number of carbonyl (C=O) groups excluding carboxylic acids is 1. The molecule has 1 atom stereocenters. The lowest BCUT2D eigenvalue weighted by molar-refractivity contribution is -0.134. The molecule has 2 fully saturated rings. The predicted molar refractivity (Wildman–Crippen MR) is 108 cm³/mol. The van der Waals surface area contributed by atoms with Gasteiger partial charge in [0.15, 0.2) is 5.96 Å². The standard InChI is InChI=1S/C20H38N4O3/c1-3-21-20(22-11-6-7-13-27-15-14-26-2)23-18-10-12-24(16-18)19(25)17-8-4-5-9-17/h17-18H,3-16H2,1-2H3,(H2,21,22,23). The molecule has 1 amide bonds. The average molecular weight is 383 g/mol. The quantitative estimate of drug-likeness (QED) is 0.324. The van der Waals surface area contributed by atoms with Crippen molar-refractivity contribution in [3.05, 3.63) is 0 Å². The largest absolute Gasteiger partial charge is 0.382 e. The fourth-order valence-electron chi connectivity index (χ4n) is 3.77. The van der Waals surface area contributed by atoms with Crippen LogP contribution in [0.5, 0.6) is 0 Å². The van der Waals surface area contributed by atoms with E-state index in [2.05, 4.69) is 27.4 Å². The molecule has 1 aliphatic carbocycles. The van der Waals surface area contributed by atoms with Crippen molar-refractivity contribution >= 4 is 11.9 Å². The zero-order chi connectivity index (χ0) is 19.3. The van der Waals surface area contributed by atoms with Crippen LogP contribution in [0, 0.1) is 5.92 Å². The molecule has 1 heterocycles. The van der Waals surface area contributed by atoms with Crippen molar-refractivity contribution in [2.75, 3.05) is 53.1 Å². The van der Waals surface area contributed by atoms with Gasteiger partial charge in [-0.1, -0.05) is 12.8 Å². The molecule has 1 unspecified atom stereocenters. The molecule has 7 heteroatoms. The lowest BCUT2D eigenvalue weighted by Crippen LogP contribution is -2.45. The Morgan fingerprint density at radius 1 is 1.15 bits per heavy atom. The number of methoxy groups -OCH3 is 1. The molecule has 27 heavy (non-hydrogen) atoms. The molecule has 1 saturated carbocycles. The average Bonchev–Trinajstić information content (AvgIpc) is 3.35. The number of unbranched alkanes of at least 4 members (excludes halogenated alkanes) is 1. The van der Waals surface area contributed by atoms with E-state index in [4.69, 9.17) is 9.47 Å². The van der Waals surface area contributed by atoms with Crippen molar-refractivity contribution in [2.24, 2.45) is 10.9 Å². The Hall–Kier alpha value is -1.34. The van der Waals surface area contributed by atoms with Crippen LogP contribution in [0.3, 0.4) is 0 Å². The van der Waals surface area contributed by atoms with Crippen LogP contribution in [-0.4, -0.2) is 75.9 Å². The van der Waals surface area contributed by atoms with Crippen molar-refractivity contribution in [2.45, 2.75) is 57.9 Å². The highest BCUT2D eigenvalue weighted by Gasteiger charge is 2.32. The molecule has 0 aromatic rings. The second kappa shape index (κ2) is 12.9. The van der Waals surface area contributed by atoms with E-state index in [1.165, 1.54) is 12.8 Å². The fourth-order valence-corrected chi connectivity index (χ4v) is 3.77. The maximum atomic E-state index is 12.6. The van der Waals surface area contributed by atoms with Crippen LogP contribution in [0.15, 0.2) is 4.99 Å². The van der Waals surface area contributed by atoms with E-state index in [1.807, 2.05) is 0 Å². The summed E-state index contributed by atoms with van der Waals surface area (Å²) in [5.74, 6) is 1.50. The lowest BCUT2D eigenvalue weighted by atomic mass is 10.1. The Labute approximate surface area is 164 Å². The molecule has 7 nitrogen and oxygen atoms in total. The molecule has 0 spiro atoms. The molecule has 1 aliphatic heterocycles. The number of nitrogens with one attached hydrogen (secondary N) is 2. The molecule has 1 saturated heterocycles. The summed E-state index contributed by atoms with van der Waals surface area (Å²) in [6.07, 6.45) is 7.57. The van der Waals surface area contributed by atoms with Crippen LogP contribution < -0.4 is 10.6 Å². The molecule has 2 rings (SSSR count). The molecular weight excluding hydrogens is 344 g/mol. The Balaban J connectivity index is 1.66. The van der Waals surface area contributed by atoms with Crippen LogP contribution >= 0.6 is 0 Å². The number of aliphatic imine (C=N–C) groups is 1. The van der Waals surface area contributed by atoms with Gasteiger partial charge in [-0.3, -0.25) is 9.79 Å². The Morgan fingerprint density at radius 3 is 2.70 bits per heavy atom. The van der Waals surface area contributed by atoms with Crippen molar-refractivity contribution in [1.82, 2.24) is 15.5 Å². The summed E-state index contributed by atoms with van der Waals surface area (Å²) < 4.78 is 10.4. The van der Waals surface area contributed by atoms with Gasteiger partial charge in [0.25, 0.3) is 0 Å². The van der Waals surface area contributed by atoms with Crippen LogP contribution in [0.4, 0.5) is 0 Å². The summed E-state index contributed by atoms with van der Waals surface area (Å²) in [6.45, 7) is 7.41. The van der Waals surface area contributed by atoms with E-state index in [0.29, 0.717) is 25.2 Å². The molecule has 0 radical (unpaired) electrons. The van der Waals surface area contributed by atoms with Gasteiger partial charge >= 0.3 is 0 Å². The van der Waals surface area contributed by atoms with Crippen LogP contribution in [0.25, 0.3) is 0 Å². The van der Waals surface area contributed by atoms with Crippen molar-refractivity contribution in [1.29, 1.82) is 0 Å². The number of carbonyl (C=O) groups is 1. The number of nitrogens with zero attached hydrogens (tertiary/aromatic N) is 2. The van der Waals surface area contributed by atoms with E-state index in [-0.39, 0.29) is 5.92 Å². The minimum atomic E-state index is 0.275. The number of ether oxygens (including phenoxy) is 2. The monoisotopic (exact) mass is 382 g/mol. The molecule has 0 aromatic heterocycles. The number of rotatable bonds is 11. The maximum absolute atomic E-state index is 12.6. The molecule has 0 bridgehead atoms. The number of guanidine groups is 1. The fraction of sp³-hybridized carbons (Fsp3) is 0.900. The lowest BCUT2D eigenvalue weighted by Gasteiger charge is -2.21. The van der Waals surface area contributed by atoms with Crippen LogP contribution in [0.1, 0.15) is 51.9 Å². The van der Waals surface area contributed by atoms with Gasteiger partial charge in [-0.05, 0) is 39.0 Å². The normalized spacial score (nSPS) is 21.0. The summed E-state index contributed by atoms with van der Waals surface area (Å²) in [7, 11) is 1.68. The number of likely N-dealkylation sites (tertiary alicyclic amines) is 1. The molecule has 0 aromatic carbocycles. The highest BCUT2D eigenvalue weighted by Crippen LogP contribution is 2.27. The summed E-state index contributed by atoms with van der Waals surface area (Å²) in [5, 5.41) is 6.82. The summed E-state index contributed by atoms with van der Waals surface area (Å²) in [5.41, 5.74) is 0. The van der Waals surface area contributed by atoms with Gasteiger partial charge in [-0.15, -0.1) is 0 Å². The van der Waals surface area contributed by atoms with Crippen molar-refractivity contribution < 1.29 is 14.3 Å². The van der Waals surface area contributed by atoms with Gasteiger partial charge in [0.1, 0.15) is 0 Å². The van der Waals surface area contributed by atoms with Crippen LogP contribution in [0.2, 0.25) is 0 Å². The number of amides is 1.